The van der Waals surface area contributed by atoms with Crippen molar-refractivity contribution in [2.75, 3.05) is 25.6 Å². The van der Waals surface area contributed by atoms with E-state index in [1.54, 1.807) is 7.11 Å². The standard InChI is InChI=1S/C22H27NO3/c1-17-5-7-18(8-6-17)22(13-3-4-14-22)21(24)23-19-9-11-20(12-10-19)26-16-15-25-2/h5-12H,3-4,13-16H2,1-2H3,(H,23,24). The Morgan fingerprint density at radius 3 is 2.27 bits per heavy atom. The minimum Gasteiger partial charge on any atom is -0.491 e. The molecule has 0 atom stereocenters. The van der Waals surface area contributed by atoms with E-state index >= 15 is 0 Å². The van der Waals surface area contributed by atoms with E-state index in [1.165, 1.54) is 5.56 Å². The van der Waals surface area contributed by atoms with Crippen molar-refractivity contribution in [2.45, 2.75) is 38.0 Å². The lowest BCUT2D eigenvalue weighted by Crippen LogP contribution is -2.38. The van der Waals surface area contributed by atoms with Gasteiger partial charge >= 0.3 is 0 Å². The molecule has 1 N–H and O–H groups in total. The van der Waals surface area contributed by atoms with E-state index in [9.17, 15) is 4.79 Å². The van der Waals surface area contributed by atoms with Gasteiger partial charge in [-0.15, -0.1) is 0 Å². The van der Waals surface area contributed by atoms with Crippen LogP contribution in [0.4, 0.5) is 5.69 Å². The lowest BCUT2D eigenvalue weighted by Gasteiger charge is -2.28. The summed E-state index contributed by atoms with van der Waals surface area (Å²) in [5, 5.41) is 3.11. The number of ether oxygens (including phenoxy) is 2. The fraction of sp³-hybridized carbons (Fsp3) is 0.409. The number of benzene rings is 2. The van der Waals surface area contributed by atoms with Crippen molar-refractivity contribution < 1.29 is 14.3 Å². The summed E-state index contributed by atoms with van der Waals surface area (Å²) >= 11 is 0. The van der Waals surface area contributed by atoms with E-state index in [2.05, 4.69) is 36.5 Å². The first-order valence-corrected chi connectivity index (χ1v) is 9.24. The maximum Gasteiger partial charge on any atom is 0.235 e. The Hall–Kier alpha value is -2.33. The predicted octanol–water partition coefficient (Wildman–Crippen LogP) is 4.47. The van der Waals surface area contributed by atoms with E-state index in [4.69, 9.17) is 9.47 Å². The summed E-state index contributed by atoms with van der Waals surface area (Å²) in [5.74, 6) is 0.862. The third-order valence-corrected chi connectivity index (χ3v) is 5.16. The number of methoxy groups -OCH3 is 1. The van der Waals surface area contributed by atoms with Crippen LogP contribution in [0.3, 0.4) is 0 Å². The Bertz CT molecular complexity index is 716. The average Bonchev–Trinajstić information content (AvgIpc) is 3.15. The Labute approximate surface area is 155 Å². The van der Waals surface area contributed by atoms with Crippen LogP contribution < -0.4 is 10.1 Å². The fourth-order valence-electron chi connectivity index (χ4n) is 3.63. The Balaban J connectivity index is 1.71. The van der Waals surface area contributed by atoms with Crippen LogP contribution in [-0.2, 0) is 14.9 Å². The number of rotatable bonds is 7. The van der Waals surface area contributed by atoms with Crippen LogP contribution in [-0.4, -0.2) is 26.2 Å². The third kappa shape index (κ3) is 4.07. The second kappa shape index (κ2) is 8.37. The minimum atomic E-state index is -0.415. The highest BCUT2D eigenvalue weighted by molar-refractivity contribution is 5.99. The fourth-order valence-corrected chi connectivity index (χ4v) is 3.63. The summed E-state index contributed by atoms with van der Waals surface area (Å²) < 4.78 is 10.5. The molecule has 138 valence electrons. The number of aryl methyl sites for hydroxylation is 1. The van der Waals surface area contributed by atoms with Gasteiger partial charge in [0.25, 0.3) is 0 Å². The topological polar surface area (TPSA) is 47.6 Å². The molecule has 1 aliphatic rings. The Morgan fingerprint density at radius 2 is 1.65 bits per heavy atom. The molecular formula is C22H27NO3. The quantitative estimate of drug-likeness (QED) is 0.747. The molecular weight excluding hydrogens is 326 g/mol. The molecule has 0 heterocycles. The SMILES string of the molecule is COCCOc1ccc(NC(=O)C2(c3ccc(C)cc3)CCCC2)cc1. The third-order valence-electron chi connectivity index (χ3n) is 5.16. The highest BCUT2D eigenvalue weighted by atomic mass is 16.5. The van der Waals surface area contributed by atoms with Crippen molar-refractivity contribution in [3.05, 3.63) is 59.7 Å². The normalized spacial score (nSPS) is 15.6. The highest BCUT2D eigenvalue weighted by Gasteiger charge is 2.42. The molecule has 2 aromatic carbocycles. The van der Waals surface area contributed by atoms with Crippen molar-refractivity contribution in [1.82, 2.24) is 0 Å². The Kier molecular flexibility index (Phi) is 5.94. The van der Waals surface area contributed by atoms with E-state index in [-0.39, 0.29) is 5.91 Å². The van der Waals surface area contributed by atoms with Gasteiger partial charge < -0.3 is 14.8 Å². The largest absolute Gasteiger partial charge is 0.491 e. The van der Waals surface area contributed by atoms with Crippen LogP contribution >= 0.6 is 0 Å². The molecule has 0 spiro atoms. The lowest BCUT2D eigenvalue weighted by atomic mass is 9.77. The number of carbonyl (C=O) groups is 1. The maximum absolute atomic E-state index is 13.2. The summed E-state index contributed by atoms with van der Waals surface area (Å²) in [6.07, 6.45) is 3.99. The van der Waals surface area contributed by atoms with Gasteiger partial charge in [0, 0.05) is 12.8 Å². The number of nitrogens with one attached hydrogen (secondary N) is 1. The molecule has 1 fully saturated rings. The van der Waals surface area contributed by atoms with Crippen molar-refractivity contribution in [3.63, 3.8) is 0 Å². The van der Waals surface area contributed by atoms with Crippen LogP contribution in [0.1, 0.15) is 36.8 Å². The zero-order valence-electron chi connectivity index (χ0n) is 15.6. The van der Waals surface area contributed by atoms with Crippen molar-refractivity contribution in [3.8, 4) is 5.75 Å². The van der Waals surface area contributed by atoms with E-state index < -0.39 is 5.41 Å². The molecule has 4 heteroatoms. The number of hydrogen-bond donors (Lipinski definition) is 1. The lowest BCUT2D eigenvalue weighted by molar-refractivity contribution is -0.121. The van der Waals surface area contributed by atoms with Gasteiger partial charge in [-0.25, -0.2) is 0 Å². The average molecular weight is 353 g/mol. The summed E-state index contributed by atoms with van der Waals surface area (Å²) in [6, 6.07) is 15.9. The van der Waals surface area contributed by atoms with Gasteiger partial charge in [0.15, 0.2) is 0 Å². The molecule has 1 aliphatic carbocycles. The molecule has 0 aromatic heterocycles. The molecule has 1 amide bonds. The minimum absolute atomic E-state index is 0.0897. The molecule has 0 unspecified atom stereocenters. The van der Waals surface area contributed by atoms with Gasteiger partial charge in [-0.05, 0) is 49.6 Å². The number of carbonyl (C=O) groups excluding carboxylic acids is 1. The molecule has 26 heavy (non-hydrogen) atoms. The zero-order chi connectivity index (χ0) is 18.4. The zero-order valence-corrected chi connectivity index (χ0v) is 15.6. The first-order chi connectivity index (χ1) is 12.6. The van der Waals surface area contributed by atoms with Crippen molar-refractivity contribution in [1.29, 1.82) is 0 Å². The summed E-state index contributed by atoms with van der Waals surface area (Å²) in [6.45, 7) is 3.14. The molecule has 1 saturated carbocycles. The van der Waals surface area contributed by atoms with E-state index in [0.717, 1.165) is 42.7 Å². The first kappa shape index (κ1) is 18.5. The second-order valence-corrected chi connectivity index (χ2v) is 6.98. The van der Waals surface area contributed by atoms with Gasteiger partial charge in [0.2, 0.25) is 5.91 Å². The van der Waals surface area contributed by atoms with Crippen LogP contribution in [0.25, 0.3) is 0 Å². The molecule has 0 bridgehead atoms. The van der Waals surface area contributed by atoms with Gasteiger partial charge in [0.1, 0.15) is 12.4 Å². The molecule has 0 saturated heterocycles. The highest BCUT2D eigenvalue weighted by Crippen LogP contribution is 2.42. The molecule has 0 radical (unpaired) electrons. The molecule has 0 aliphatic heterocycles. The van der Waals surface area contributed by atoms with Gasteiger partial charge in [-0.3, -0.25) is 4.79 Å². The molecule has 3 rings (SSSR count). The first-order valence-electron chi connectivity index (χ1n) is 9.24. The van der Waals surface area contributed by atoms with Gasteiger partial charge in [-0.1, -0.05) is 42.7 Å². The maximum atomic E-state index is 13.2. The van der Waals surface area contributed by atoms with Crippen molar-refractivity contribution in [2.24, 2.45) is 0 Å². The molecule has 4 nitrogen and oxygen atoms in total. The summed E-state index contributed by atoms with van der Waals surface area (Å²) in [5.41, 5.74) is 2.72. The number of amides is 1. The van der Waals surface area contributed by atoms with Crippen LogP contribution in [0.15, 0.2) is 48.5 Å². The van der Waals surface area contributed by atoms with E-state index in [1.807, 2.05) is 24.3 Å². The number of anilines is 1. The summed E-state index contributed by atoms with van der Waals surface area (Å²) in [4.78, 5) is 13.2. The smallest absolute Gasteiger partial charge is 0.235 e. The van der Waals surface area contributed by atoms with Crippen LogP contribution in [0.5, 0.6) is 5.75 Å². The summed E-state index contributed by atoms with van der Waals surface area (Å²) in [7, 11) is 1.65. The molecule has 2 aromatic rings. The van der Waals surface area contributed by atoms with Crippen molar-refractivity contribution >= 4 is 11.6 Å². The van der Waals surface area contributed by atoms with Crippen LogP contribution in [0, 0.1) is 6.92 Å². The monoisotopic (exact) mass is 353 g/mol. The number of hydrogen-bond acceptors (Lipinski definition) is 3. The second-order valence-electron chi connectivity index (χ2n) is 6.98. The predicted molar refractivity (Wildman–Crippen MR) is 104 cm³/mol. The van der Waals surface area contributed by atoms with E-state index in [0.29, 0.717) is 13.2 Å². The van der Waals surface area contributed by atoms with Crippen LogP contribution in [0.2, 0.25) is 0 Å². The Morgan fingerprint density at radius 1 is 1.00 bits per heavy atom. The van der Waals surface area contributed by atoms with Gasteiger partial charge in [0.05, 0.1) is 12.0 Å². The van der Waals surface area contributed by atoms with Gasteiger partial charge in [-0.2, -0.15) is 0 Å².